The topological polar surface area (TPSA) is 53.6 Å². The van der Waals surface area contributed by atoms with Gasteiger partial charge in [-0.2, -0.15) is 0 Å². The lowest BCUT2D eigenvalue weighted by Gasteiger charge is -2.35. The molecule has 2 aliphatic heterocycles. The summed E-state index contributed by atoms with van der Waals surface area (Å²) in [5, 5.41) is 6.59. The number of rotatable bonds is 5. The van der Waals surface area contributed by atoms with Crippen LogP contribution in [0.1, 0.15) is 25.7 Å². The number of likely N-dealkylation sites (N-methyl/N-ethyl adjacent to an activating group) is 1. The Kier molecular flexibility index (Phi) is 6.27. The van der Waals surface area contributed by atoms with E-state index < -0.39 is 0 Å². The van der Waals surface area contributed by atoms with Crippen LogP contribution < -0.4 is 15.4 Å². The number of carbonyl (C=O) groups is 1. The summed E-state index contributed by atoms with van der Waals surface area (Å²) in [6.45, 7) is 0.432. The second-order valence-corrected chi connectivity index (χ2v) is 6.46. The summed E-state index contributed by atoms with van der Waals surface area (Å²) in [6, 6.07) is 9.26. The van der Waals surface area contributed by atoms with Crippen LogP contribution in [0, 0.1) is 0 Å². The molecule has 2 heterocycles. The first-order valence-electron chi connectivity index (χ1n) is 8.04. The minimum atomic E-state index is 0. The molecule has 1 aromatic rings. The van der Waals surface area contributed by atoms with Crippen molar-refractivity contribution >= 4 is 24.0 Å². The number of carbonyl (C=O) groups excluding carboxylic acids is 1. The summed E-state index contributed by atoms with van der Waals surface area (Å²) < 4.78 is 5.17. The predicted octanol–water partition coefficient (Wildman–Crippen LogP) is 2.27. The first kappa shape index (κ1) is 18.0. The average Bonchev–Trinajstić information content (AvgIpc) is 2.85. The molecule has 23 heavy (non-hydrogen) atoms. The Morgan fingerprint density at radius 2 is 2.04 bits per heavy atom. The van der Waals surface area contributed by atoms with Gasteiger partial charge in [0.25, 0.3) is 0 Å². The highest BCUT2D eigenvalue weighted by molar-refractivity contribution is 5.92. The maximum absolute atomic E-state index is 12.2. The summed E-state index contributed by atoms with van der Waals surface area (Å²) in [5.74, 6) is 0.780. The molecule has 1 aromatic carbocycles. The van der Waals surface area contributed by atoms with Crippen LogP contribution in [0.3, 0.4) is 0 Å². The van der Waals surface area contributed by atoms with Crippen molar-refractivity contribution in [1.29, 1.82) is 0 Å². The Balaban J connectivity index is 0.00000192. The highest BCUT2D eigenvalue weighted by Crippen LogP contribution is 2.29. The van der Waals surface area contributed by atoms with Gasteiger partial charge in [0.15, 0.2) is 0 Å². The zero-order chi connectivity index (χ0) is 15.5. The van der Waals surface area contributed by atoms with Crippen molar-refractivity contribution in [2.75, 3.05) is 26.0 Å². The Morgan fingerprint density at radius 1 is 1.35 bits per heavy atom. The molecule has 2 fully saturated rings. The smallest absolute Gasteiger partial charge is 0.238 e. The molecule has 3 rings (SSSR count). The monoisotopic (exact) mass is 339 g/mol. The van der Waals surface area contributed by atoms with Gasteiger partial charge < -0.3 is 15.4 Å². The van der Waals surface area contributed by atoms with E-state index in [4.69, 9.17) is 4.74 Å². The van der Waals surface area contributed by atoms with Gasteiger partial charge in [0.2, 0.25) is 5.91 Å². The predicted molar refractivity (Wildman–Crippen MR) is 94.5 cm³/mol. The van der Waals surface area contributed by atoms with E-state index >= 15 is 0 Å². The van der Waals surface area contributed by atoms with E-state index in [2.05, 4.69) is 22.6 Å². The minimum absolute atomic E-state index is 0. The van der Waals surface area contributed by atoms with Gasteiger partial charge in [0, 0.05) is 29.9 Å². The number of hydrogen-bond donors (Lipinski definition) is 2. The molecule has 2 atom stereocenters. The third-order valence-electron chi connectivity index (χ3n) is 4.82. The Labute approximate surface area is 144 Å². The number of fused-ring (bicyclic) bond motifs is 2. The van der Waals surface area contributed by atoms with Crippen molar-refractivity contribution in [3.05, 3.63) is 24.3 Å². The third-order valence-corrected chi connectivity index (χ3v) is 4.82. The quantitative estimate of drug-likeness (QED) is 0.864. The number of halogens is 1. The lowest BCUT2D eigenvalue weighted by atomic mass is 9.98. The molecule has 2 saturated heterocycles. The van der Waals surface area contributed by atoms with Crippen molar-refractivity contribution in [3.63, 3.8) is 0 Å². The third kappa shape index (κ3) is 4.59. The summed E-state index contributed by atoms with van der Waals surface area (Å²) in [5.41, 5.74) is 0.781. The molecule has 128 valence electrons. The number of piperidine rings is 1. The SMILES string of the molecule is COc1cccc(NC(=O)CN(C)C2CC3CCC(C2)N3)c1.Cl. The van der Waals surface area contributed by atoms with Gasteiger partial charge in [-0.15, -0.1) is 12.4 Å². The molecule has 0 aromatic heterocycles. The molecule has 2 bridgehead atoms. The van der Waals surface area contributed by atoms with Gasteiger partial charge in [0.1, 0.15) is 5.75 Å². The van der Waals surface area contributed by atoms with Gasteiger partial charge >= 0.3 is 0 Å². The second-order valence-electron chi connectivity index (χ2n) is 6.46. The summed E-state index contributed by atoms with van der Waals surface area (Å²) in [4.78, 5) is 14.4. The van der Waals surface area contributed by atoms with Crippen LogP contribution in [0.15, 0.2) is 24.3 Å². The normalized spacial score (nSPS) is 25.8. The molecule has 0 radical (unpaired) electrons. The molecular formula is C17H26ClN3O2. The molecule has 2 unspecified atom stereocenters. The van der Waals surface area contributed by atoms with Crippen molar-refractivity contribution in [3.8, 4) is 5.75 Å². The number of amides is 1. The van der Waals surface area contributed by atoms with E-state index in [1.165, 1.54) is 12.8 Å². The summed E-state index contributed by atoms with van der Waals surface area (Å²) in [7, 11) is 3.68. The molecule has 6 heteroatoms. The van der Waals surface area contributed by atoms with Crippen molar-refractivity contribution in [2.24, 2.45) is 0 Å². The fourth-order valence-corrected chi connectivity index (χ4v) is 3.64. The van der Waals surface area contributed by atoms with E-state index in [-0.39, 0.29) is 18.3 Å². The van der Waals surface area contributed by atoms with E-state index in [0.29, 0.717) is 24.7 Å². The number of benzene rings is 1. The molecule has 2 N–H and O–H groups in total. The zero-order valence-electron chi connectivity index (χ0n) is 13.7. The maximum Gasteiger partial charge on any atom is 0.238 e. The average molecular weight is 340 g/mol. The van der Waals surface area contributed by atoms with Crippen LogP contribution in [-0.2, 0) is 4.79 Å². The summed E-state index contributed by atoms with van der Waals surface area (Å²) in [6.07, 6.45) is 4.87. The van der Waals surface area contributed by atoms with Gasteiger partial charge in [-0.25, -0.2) is 0 Å². The molecule has 0 spiro atoms. The molecular weight excluding hydrogens is 314 g/mol. The van der Waals surface area contributed by atoms with Gasteiger partial charge in [0.05, 0.1) is 13.7 Å². The van der Waals surface area contributed by atoms with E-state index in [0.717, 1.165) is 24.3 Å². The highest BCUT2D eigenvalue weighted by Gasteiger charge is 2.35. The second kappa shape index (κ2) is 7.99. The highest BCUT2D eigenvalue weighted by atomic mass is 35.5. The number of methoxy groups -OCH3 is 1. The molecule has 0 aliphatic carbocycles. The Hall–Kier alpha value is -1.30. The van der Waals surface area contributed by atoms with E-state index in [1.807, 2.05) is 24.3 Å². The van der Waals surface area contributed by atoms with Crippen LogP contribution >= 0.6 is 12.4 Å². The fraction of sp³-hybridized carbons (Fsp3) is 0.588. The van der Waals surface area contributed by atoms with Crippen LogP contribution in [0.5, 0.6) is 5.75 Å². The molecule has 1 amide bonds. The minimum Gasteiger partial charge on any atom is -0.497 e. The van der Waals surface area contributed by atoms with Crippen LogP contribution in [0.25, 0.3) is 0 Å². The number of anilines is 1. The van der Waals surface area contributed by atoms with Crippen molar-refractivity contribution < 1.29 is 9.53 Å². The first-order chi connectivity index (χ1) is 10.6. The summed E-state index contributed by atoms with van der Waals surface area (Å²) >= 11 is 0. The number of hydrogen-bond acceptors (Lipinski definition) is 4. The van der Waals surface area contributed by atoms with Gasteiger partial charge in [-0.05, 0) is 44.9 Å². The number of ether oxygens (including phenoxy) is 1. The first-order valence-corrected chi connectivity index (χ1v) is 8.04. The standard InChI is InChI=1S/C17H25N3O2.ClH/c1-20(15-8-13-6-7-14(9-15)18-13)11-17(21)19-12-4-3-5-16(10-12)22-2;/h3-5,10,13-15,18H,6-9,11H2,1-2H3,(H,19,21);1H. The van der Waals surface area contributed by atoms with E-state index in [9.17, 15) is 4.79 Å². The molecule has 0 saturated carbocycles. The van der Waals surface area contributed by atoms with Gasteiger partial charge in [-0.3, -0.25) is 9.69 Å². The maximum atomic E-state index is 12.2. The van der Waals surface area contributed by atoms with Crippen LogP contribution in [0.2, 0.25) is 0 Å². The van der Waals surface area contributed by atoms with Crippen LogP contribution in [-0.4, -0.2) is 49.6 Å². The van der Waals surface area contributed by atoms with Crippen molar-refractivity contribution in [1.82, 2.24) is 10.2 Å². The molecule has 5 nitrogen and oxygen atoms in total. The largest absolute Gasteiger partial charge is 0.497 e. The Morgan fingerprint density at radius 3 is 2.70 bits per heavy atom. The fourth-order valence-electron chi connectivity index (χ4n) is 3.64. The number of nitrogens with zero attached hydrogens (tertiary/aromatic N) is 1. The van der Waals surface area contributed by atoms with Gasteiger partial charge in [-0.1, -0.05) is 6.07 Å². The van der Waals surface area contributed by atoms with Crippen molar-refractivity contribution in [2.45, 2.75) is 43.8 Å². The van der Waals surface area contributed by atoms with Crippen LogP contribution in [0.4, 0.5) is 5.69 Å². The number of nitrogens with one attached hydrogen (secondary N) is 2. The zero-order valence-corrected chi connectivity index (χ0v) is 14.6. The lowest BCUT2D eigenvalue weighted by molar-refractivity contribution is -0.117. The molecule has 2 aliphatic rings. The Bertz CT molecular complexity index is 528. The van der Waals surface area contributed by atoms with E-state index in [1.54, 1.807) is 7.11 Å². The lowest BCUT2D eigenvalue weighted by Crippen LogP contribution is -2.48.